The third-order valence-corrected chi connectivity index (χ3v) is 1.44. The third-order valence-electron chi connectivity index (χ3n) is 1.44. The van der Waals surface area contributed by atoms with E-state index in [9.17, 15) is 0 Å². The van der Waals surface area contributed by atoms with Crippen molar-refractivity contribution in [2.24, 2.45) is 16.5 Å². The largest absolute Gasteiger partial charge is 0.639 e. The van der Waals surface area contributed by atoms with E-state index in [1.807, 2.05) is 0 Å². The highest BCUT2D eigenvalue weighted by molar-refractivity contribution is 6.36. The zero-order valence-corrected chi connectivity index (χ0v) is 7.44. The van der Waals surface area contributed by atoms with Gasteiger partial charge in [0.05, 0.1) is 13.2 Å². The summed E-state index contributed by atoms with van der Waals surface area (Å²) < 4.78 is 15.3. The quantitative estimate of drug-likeness (QED) is 0.241. The molecule has 1 heterocycles. The van der Waals surface area contributed by atoms with E-state index in [-0.39, 0.29) is 5.96 Å². The lowest BCUT2D eigenvalue weighted by Gasteiger charge is -2.03. The highest BCUT2D eigenvalue weighted by atomic mass is 16.8. The lowest BCUT2D eigenvalue weighted by molar-refractivity contribution is 0.178. The summed E-state index contributed by atoms with van der Waals surface area (Å²) in [5.41, 5.74) is 10.3. The first-order chi connectivity index (χ1) is 6.29. The van der Waals surface area contributed by atoms with Gasteiger partial charge in [-0.05, 0) is 6.42 Å². The van der Waals surface area contributed by atoms with Crippen molar-refractivity contribution >= 4 is 13.3 Å². The predicted molar refractivity (Wildman–Crippen MR) is 48.9 cm³/mol. The van der Waals surface area contributed by atoms with Crippen molar-refractivity contribution < 1.29 is 14.0 Å². The molecule has 0 amide bonds. The van der Waals surface area contributed by atoms with Crippen LogP contribution in [0.1, 0.15) is 6.42 Å². The van der Waals surface area contributed by atoms with E-state index in [1.165, 1.54) is 0 Å². The molecular weight excluding hydrogens is 173 g/mol. The SMILES string of the molecule is NC(N)=NCCCOB1OCCO1. The molecule has 1 aliphatic rings. The molecule has 13 heavy (non-hydrogen) atoms. The van der Waals surface area contributed by atoms with Crippen molar-refractivity contribution in [3.8, 4) is 0 Å². The molecule has 0 bridgehead atoms. The standard InChI is InChI=1S/C6H14BN3O3/c8-6(9)10-2-1-3-11-7-12-4-5-13-7/h1-5H2,(H4,8,9,10). The highest BCUT2D eigenvalue weighted by Crippen LogP contribution is 2.00. The molecule has 1 fully saturated rings. The average Bonchev–Trinajstić information content (AvgIpc) is 2.55. The lowest BCUT2D eigenvalue weighted by Crippen LogP contribution is -2.23. The van der Waals surface area contributed by atoms with Gasteiger partial charge in [0.25, 0.3) is 0 Å². The van der Waals surface area contributed by atoms with Crippen molar-refractivity contribution in [3.05, 3.63) is 0 Å². The lowest BCUT2D eigenvalue weighted by atomic mass is 10.2. The summed E-state index contributed by atoms with van der Waals surface area (Å²) in [7, 11) is -0.501. The Hall–Kier alpha value is -0.785. The van der Waals surface area contributed by atoms with Gasteiger partial charge in [0.2, 0.25) is 0 Å². The Morgan fingerprint density at radius 2 is 2.08 bits per heavy atom. The molecule has 0 aromatic carbocycles. The molecule has 0 aliphatic carbocycles. The minimum atomic E-state index is -0.501. The molecule has 1 aliphatic heterocycles. The Kier molecular flexibility index (Phi) is 4.59. The smallest absolute Gasteiger partial charge is 0.386 e. The second-order valence-corrected chi connectivity index (χ2v) is 2.56. The fourth-order valence-electron chi connectivity index (χ4n) is 0.885. The van der Waals surface area contributed by atoms with Gasteiger partial charge in [-0.2, -0.15) is 0 Å². The number of nitrogens with two attached hydrogens (primary N) is 2. The van der Waals surface area contributed by atoms with Gasteiger partial charge >= 0.3 is 7.32 Å². The zero-order chi connectivity index (χ0) is 9.52. The van der Waals surface area contributed by atoms with Gasteiger partial charge in [0.1, 0.15) is 0 Å². The summed E-state index contributed by atoms with van der Waals surface area (Å²) in [6, 6.07) is 0. The van der Waals surface area contributed by atoms with E-state index in [1.54, 1.807) is 0 Å². The van der Waals surface area contributed by atoms with Crippen LogP contribution in [-0.4, -0.2) is 39.6 Å². The average molecular weight is 187 g/mol. The second-order valence-electron chi connectivity index (χ2n) is 2.56. The molecule has 6 nitrogen and oxygen atoms in total. The molecule has 0 spiro atoms. The zero-order valence-electron chi connectivity index (χ0n) is 7.44. The van der Waals surface area contributed by atoms with E-state index in [4.69, 9.17) is 25.4 Å². The maximum atomic E-state index is 5.19. The van der Waals surface area contributed by atoms with Crippen molar-refractivity contribution in [1.82, 2.24) is 0 Å². The summed E-state index contributed by atoms with van der Waals surface area (Å²) >= 11 is 0. The topological polar surface area (TPSA) is 92.1 Å². The van der Waals surface area contributed by atoms with E-state index in [2.05, 4.69) is 4.99 Å². The summed E-state index contributed by atoms with van der Waals surface area (Å²) in [6.45, 7) is 2.29. The number of hydrogen-bond acceptors (Lipinski definition) is 4. The number of guanidine groups is 1. The molecule has 7 heteroatoms. The maximum Gasteiger partial charge on any atom is 0.639 e. The minimum absolute atomic E-state index is 0.105. The Bertz CT molecular complexity index is 169. The van der Waals surface area contributed by atoms with Gasteiger partial charge in [-0.25, -0.2) is 0 Å². The number of aliphatic imine (C=N–C) groups is 1. The van der Waals surface area contributed by atoms with Crippen molar-refractivity contribution in [3.63, 3.8) is 0 Å². The second kappa shape index (κ2) is 5.79. The fourth-order valence-corrected chi connectivity index (χ4v) is 0.885. The minimum Gasteiger partial charge on any atom is -0.386 e. The normalized spacial score (nSPS) is 16.2. The molecule has 74 valence electrons. The first kappa shape index (κ1) is 10.3. The van der Waals surface area contributed by atoms with Gasteiger partial charge < -0.3 is 25.4 Å². The van der Waals surface area contributed by atoms with Crippen molar-refractivity contribution in [2.75, 3.05) is 26.4 Å². The first-order valence-electron chi connectivity index (χ1n) is 4.19. The summed E-state index contributed by atoms with van der Waals surface area (Å²) in [6.07, 6.45) is 0.751. The summed E-state index contributed by atoms with van der Waals surface area (Å²) in [4.78, 5) is 3.80. The van der Waals surface area contributed by atoms with Gasteiger partial charge in [0, 0.05) is 13.2 Å². The van der Waals surface area contributed by atoms with E-state index >= 15 is 0 Å². The monoisotopic (exact) mass is 187 g/mol. The van der Waals surface area contributed by atoms with Crippen LogP contribution in [0.25, 0.3) is 0 Å². The molecule has 0 radical (unpaired) electrons. The molecule has 0 aromatic rings. The van der Waals surface area contributed by atoms with Crippen LogP contribution in [0.5, 0.6) is 0 Å². The molecule has 0 aromatic heterocycles. The Morgan fingerprint density at radius 3 is 2.69 bits per heavy atom. The van der Waals surface area contributed by atoms with Crippen LogP contribution in [0.15, 0.2) is 4.99 Å². The highest BCUT2D eigenvalue weighted by Gasteiger charge is 2.25. The van der Waals surface area contributed by atoms with Crippen LogP contribution >= 0.6 is 0 Å². The summed E-state index contributed by atoms with van der Waals surface area (Å²) in [5.74, 6) is 0.105. The molecule has 0 unspecified atom stereocenters. The predicted octanol–water partition coefficient (Wildman–Crippen LogP) is -1.30. The van der Waals surface area contributed by atoms with Crippen molar-refractivity contribution in [2.45, 2.75) is 6.42 Å². The number of rotatable bonds is 5. The van der Waals surface area contributed by atoms with E-state index in [0.717, 1.165) is 6.42 Å². The van der Waals surface area contributed by atoms with Crippen LogP contribution in [0.3, 0.4) is 0 Å². The van der Waals surface area contributed by atoms with Crippen LogP contribution in [0.2, 0.25) is 0 Å². The number of hydrogen-bond donors (Lipinski definition) is 2. The van der Waals surface area contributed by atoms with Crippen LogP contribution in [0.4, 0.5) is 0 Å². The molecular formula is C6H14BN3O3. The summed E-state index contributed by atoms with van der Waals surface area (Å²) in [5, 5.41) is 0. The van der Waals surface area contributed by atoms with Gasteiger partial charge in [-0.3, -0.25) is 4.99 Å². The Labute approximate surface area is 77.4 Å². The van der Waals surface area contributed by atoms with Gasteiger partial charge in [0.15, 0.2) is 5.96 Å². The van der Waals surface area contributed by atoms with E-state index in [0.29, 0.717) is 26.4 Å². The Morgan fingerprint density at radius 1 is 1.38 bits per heavy atom. The molecule has 1 saturated heterocycles. The van der Waals surface area contributed by atoms with Gasteiger partial charge in [-0.1, -0.05) is 0 Å². The molecule has 4 N–H and O–H groups in total. The molecule has 1 rings (SSSR count). The van der Waals surface area contributed by atoms with Crippen molar-refractivity contribution in [1.29, 1.82) is 0 Å². The third kappa shape index (κ3) is 4.71. The fraction of sp³-hybridized carbons (Fsp3) is 0.833. The number of nitrogens with zero attached hydrogens (tertiary/aromatic N) is 1. The van der Waals surface area contributed by atoms with Crippen LogP contribution in [0, 0.1) is 0 Å². The van der Waals surface area contributed by atoms with Gasteiger partial charge in [-0.15, -0.1) is 0 Å². The maximum absolute atomic E-state index is 5.19. The molecule has 0 atom stereocenters. The van der Waals surface area contributed by atoms with Crippen LogP contribution < -0.4 is 11.5 Å². The Balaban J connectivity index is 1.91. The van der Waals surface area contributed by atoms with E-state index < -0.39 is 7.32 Å². The first-order valence-corrected chi connectivity index (χ1v) is 4.19. The molecule has 0 saturated carbocycles. The van der Waals surface area contributed by atoms with Crippen LogP contribution in [-0.2, 0) is 14.0 Å².